The lowest BCUT2D eigenvalue weighted by Crippen LogP contribution is -2.23. The molecular formula is C22H15F3N2O3S. The molecule has 0 spiro atoms. The second-order valence-corrected chi connectivity index (χ2v) is 7.72. The summed E-state index contributed by atoms with van der Waals surface area (Å²) in [4.78, 5) is 26.7. The average Bonchev–Trinajstić information content (AvgIpc) is 2.86. The fourth-order valence-corrected chi connectivity index (χ4v) is 4.06. The molecular weight excluding hydrogens is 429 g/mol. The summed E-state index contributed by atoms with van der Waals surface area (Å²) in [5, 5.41) is 5.47. The van der Waals surface area contributed by atoms with Gasteiger partial charge in [-0.3, -0.25) is 9.59 Å². The summed E-state index contributed by atoms with van der Waals surface area (Å²) in [5.74, 6) is -1.05. The van der Waals surface area contributed by atoms with E-state index >= 15 is 0 Å². The quantitative estimate of drug-likeness (QED) is 0.578. The molecule has 2 N–H and O–H groups in total. The summed E-state index contributed by atoms with van der Waals surface area (Å²) in [6.07, 6.45) is -4.79. The van der Waals surface area contributed by atoms with Gasteiger partial charge in [-0.1, -0.05) is 36.0 Å². The molecule has 158 valence electrons. The molecule has 0 fully saturated rings. The molecule has 0 aliphatic carbocycles. The van der Waals surface area contributed by atoms with Gasteiger partial charge >= 0.3 is 6.36 Å². The summed E-state index contributed by atoms with van der Waals surface area (Å²) in [7, 11) is 0. The maximum atomic E-state index is 12.6. The van der Waals surface area contributed by atoms with Crippen molar-refractivity contribution in [3.05, 3.63) is 83.4 Å². The Bertz CT molecular complexity index is 1160. The van der Waals surface area contributed by atoms with Crippen LogP contribution in [0.3, 0.4) is 0 Å². The van der Waals surface area contributed by atoms with Gasteiger partial charge in [0.1, 0.15) is 5.75 Å². The van der Waals surface area contributed by atoms with Gasteiger partial charge in [0, 0.05) is 21.9 Å². The number of alkyl halides is 3. The molecule has 0 radical (unpaired) electrons. The van der Waals surface area contributed by atoms with Crippen molar-refractivity contribution in [1.82, 2.24) is 5.32 Å². The van der Waals surface area contributed by atoms with Gasteiger partial charge in [0.25, 0.3) is 11.8 Å². The lowest BCUT2D eigenvalue weighted by atomic mass is 10.1. The number of amides is 2. The Hall–Kier alpha value is -3.46. The predicted octanol–water partition coefficient (Wildman–Crippen LogP) is 5.23. The summed E-state index contributed by atoms with van der Waals surface area (Å²) in [6, 6.07) is 17.5. The average molecular weight is 444 g/mol. The zero-order chi connectivity index (χ0) is 22.0. The third-order valence-corrected chi connectivity index (χ3v) is 5.58. The number of halogens is 3. The third kappa shape index (κ3) is 5.00. The van der Waals surface area contributed by atoms with Gasteiger partial charge < -0.3 is 15.4 Å². The molecule has 3 aromatic carbocycles. The van der Waals surface area contributed by atoms with E-state index < -0.39 is 12.3 Å². The molecule has 1 aliphatic heterocycles. The van der Waals surface area contributed by atoms with E-state index in [9.17, 15) is 22.8 Å². The van der Waals surface area contributed by atoms with E-state index in [2.05, 4.69) is 15.4 Å². The van der Waals surface area contributed by atoms with Gasteiger partial charge in [-0.15, -0.1) is 13.2 Å². The molecule has 1 heterocycles. The highest BCUT2D eigenvalue weighted by Crippen LogP contribution is 2.39. The highest BCUT2D eigenvalue weighted by Gasteiger charge is 2.31. The summed E-state index contributed by atoms with van der Waals surface area (Å²) >= 11 is 1.42. The Labute approximate surface area is 179 Å². The first-order valence-electron chi connectivity index (χ1n) is 9.14. The molecule has 3 aromatic rings. The van der Waals surface area contributed by atoms with Crippen LogP contribution in [0.4, 0.5) is 18.9 Å². The molecule has 5 nitrogen and oxygen atoms in total. The zero-order valence-corrected chi connectivity index (χ0v) is 16.6. The van der Waals surface area contributed by atoms with Crippen LogP contribution in [0.1, 0.15) is 26.3 Å². The van der Waals surface area contributed by atoms with Crippen molar-refractivity contribution in [2.24, 2.45) is 0 Å². The van der Waals surface area contributed by atoms with Gasteiger partial charge in [0.05, 0.1) is 11.3 Å². The Morgan fingerprint density at radius 2 is 1.81 bits per heavy atom. The van der Waals surface area contributed by atoms with E-state index in [0.29, 0.717) is 22.4 Å². The standard InChI is InChI=1S/C22H15F3N2O3S/c23-22(24,25)30-15-5-3-4-13(10-15)12-26-20(28)14-8-9-19-17(11-14)27-21(29)16-6-1-2-7-18(16)31-19/h1-11H,12H2,(H,26,28)(H,27,29). The van der Waals surface area contributed by atoms with Crippen LogP contribution in [0.15, 0.2) is 76.5 Å². The van der Waals surface area contributed by atoms with E-state index in [0.717, 1.165) is 9.79 Å². The Kier molecular flexibility index (Phi) is 5.60. The predicted molar refractivity (Wildman–Crippen MR) is 109 cm³/mol. The van der Waals surface area contributed by atoms with Crippen LogP contribution in [0.25, 0.3) is 0 Å². The molecule has 0 aromatic heterocycles. The van der Waals surface area contributed by atoms with Gasteiger partial charge in [-0.2, -0.15) is 0 Å². The second kappa shape index (κ2) is 8.35. The van der Waals surface area contributed by atoms with Crippen molar-refractivity contribution in [3.8, 4) is 5.75 Å². The van der Waals surface area contributed by atoms with Crippen molar-refractivity contribution in [2.75, 3.05) is 5.32 Å². The Morgan fingerprint density at radius 3 is 2.61 bits per heavy atom. The normalized spacial score (nSPS) is 12.8. The number of ether oxygens (including phenoxy) is 1. The van der Waals surface area contributed by atoms with Crippen LogP contribution in [-0.2, 0) is 6.54 Å². The minimum atomic E-state index is -4.79. The Morgan fingerprint density at radius 1 is 1.00 bits per heavy atom. The van der Waals surface area contributed by atoms with Crippen LogP contribution in [0.2, 0.25) is 0 Å². The third-order valence-electron chi connectivity index (χ3n) is 4.43. The van der Waals surface area contributed by atoms with E-state index in [4.69, 9.17) is 0 Å². The molecule has 9 heteroatoms. The van der Waals surface area contributed by atoms with Crippen LogP contribution in [-0.4, -0.2) is 18.2 Å². The number of anilines is 1. The maximum Gasteiger partial charge on any atom is 0.573 e. The van der Waals surface area contributed by atoms with Crippen molar-refractivity contribution in [3.63, 3.8) is 0 Å². The lowest BCUT2D eigenvalue weighted by Gasteiger charge is -2.11. The van der Waals surface area contributed by atoms with Crippen molar-refractivity contribution in [1.29, 1.82) is 0 Å². The number of benzene rings is 3. The topological polar surface area (TPSA) is 67.4 Å². The summed E-state index contributed by atoms with van der Waals surface area (Å²) < 4.78 is 41.0. The maximum absolute atomic E-state index is 12.6. The number of hydrogen-bond donors (Lipinski definition) is 2. The SMILES string of the molecule is O=C(NCc1cccc(OC(F)(F)F)c1)c1ccc2c(c1)NC(=O)c1ccccc1S2. The second-order valence-electron chi connectivity index (χ2n) is 6.64. The zero-order valence-electron chi connectivity index (χ0n) is 15.8. The molecule has 4 rings (SSSR count). The molecule has 31 heavy (non-hydrogen) atoms. The molecule has 0 unspecified atom stereocenters. The number of fused-ring (bicyclic) bond motifs is 2. The number of nitrogens with one attached hydrogen (secondary N) is 2. The molecule has 0 atom stereocenters. The molecule has 2 amide bonds. The van der Waals surface area contributed by atoms with Crippen molar-refractivity contribution >= 4 is 29.3 Å². The van der Waals surface area contributed by atoms with Crippen LogP contribution >= 0.6 is 11.8 Å². The van der Waals surface area contributed by atoms with E-state index in [1.54, 1.807) is 36.4 Å². The minimum absolute atomic E-state index is 0.0114. The smallest absolute Gasteiger partial charge is 0.406 e. The largest absolute Gasteiger partial charge is 0.573 e. The van der Waals surface area contributed by atoms with Crippen LogP contribution in [0, 0.1) is 0 Å². The van der Waals surface area contributed by atoms with Crippen molar-refractivity contribution < 1.29 is 27.5 Å². The highest BCUT2D eigenvalue weighted by atomic mass is 32.2. The lowest BCUT2D eigenvalue weighted by molar-refractivity contribution is -0.274. The fraction of sp³-hybridized carbons (Fsp3) is 0.0909. The monoisotopic (exact) mass is 444 g/mol. The van der Waals surface area contributed by atoms with Crippen LogP contribution < -0.4 is 15.4 Å². The van der Waals surface area contributed by atoms with Crippen molar-refractivity contribution in [2.45, 2.75) is 22.7 Å². The number of carbonyl (C=O) groups excluding carboxylic acids is 2. The first-order valence-corrected chi connectivity index (χ1v) is 9.95. The summed E-state index contributed by atoms with van der Waals surface area (Å²) in [5.41, 5.74) is 1.83. The molecule has 0 saturated carbocycles. The number of hydrogen-bond acceptors (Lipinski definition) is 4. The molecule has 1 aliphatic rings. The first kappa shape index (κ1) is 20.8. The van der Waals surface area contributed by atoms with E-state index in [1.807, 2.05) is 12.1 Å². The highest BCUT2D eigenvalue weighted by molar-refractivity contribution is 7.99. The van der Waals surface area contributed by atoms with Gasteiger partial charge in [-0.25, -0.2) is 0 Å². The summed E-state index contributed by atoms with van der Waals surface area (Å²) in [6.45, 7) is 0.0114. The minimum Gasteiger partial charge on any atom is -0.406 e. The van der Waals surface area contributed by atoms with Gasteiger partial charge in [-0.05, 0) is 48.0 Å². The number of carbonyl (C=O) groups is 2. The Balaban J connectivity index is 1.47. The molecule has 0 saturated heterocycles. The van der Waals surface area contributed by atoms with E-state index in [-0.39, 0.29) is 18.2 Å². The van der Waals surface area contributed by atoms with Crippen LogP contribution in [0.5, 0.6) is 5.75 Å². The first-order chi connectivity index (χ1) is 14.8. The number of rotatable bonds is 4. The fourth-order valence-electron chi connectivity index (χ4n) is 3.05. The van der Waals surface area contributed by atoms with Gasteiger partial charge in [0.15, 0.2) is 0 Å². The van der Waals surface area contributed by atoms with Gasteiger partial charge in [0.2, 0.25) is 0 Å². The van der Waals surface area contributed by atoms with E-state index in [1.165, 1.54) is 30.0 Å². The molecule has 0 bridgehead atoms.